The number of carbonyl (C=O) groups is 1. The number of esters is 1. The minimum Gasteiger partial charge on any atom is -0.465 e. The number of hydrogen-bond acceptors (Lipinski definition) is 4. The lowest BCUT2D eigenvalue weighted by Crippen LogP contribution is -2.39. The van der Waals surface area contributed by atoms with E-state index in [2.05, 4.69) is 0 Å². The largest absolute Gasteiger partial charge is 0.465 e. The molecular weight excluding hydrogens is 242 g/mol. The van der Waals surface area contributed by atoms with Gasteiger partial charge in [-0.1, -0.05) is 20.8 Å². The molecule has 0 bridgehead atoms. The van der Waals surface area contributed by atoms with Crippen molar-refractivity contribution >= 4 is 16.0 Å². The molecule has 17 heavy (non-hydrogen) atoms. The van der Waals surface area contributed by atoms with Gasteiger partial charge in [0.25, 0.3) is 0 Å². The Balaban J connectivity index is 4.66. The maximum atomic E-state index is 12.0. The van der Waals surface area contributed by atoms with Gasteiger partial charge in [-0.15, -0.1) is 0 Å². The van der Waals surface area contributed by atoms with Gasteiger partial charge in [-0.25, -0.2) is 8.42 Å². The maximum absolute atomic E-state index is 12.0. The summed E-state index contributed by atoms with van der Waals surface area (Å²) in [4.78, 5) is 11.3. The SMILES string of the molecule is CCCN(CC(=O)OCC)S(=O)(=O)CC(C)C. The lowest BCUT2D eigenvalue weighted by Gasteiger charge is -2.21. The minimum absolute atomic E-state index is 0.0431. The van der Waals surface area contributed by atoms with Crippen LogP contribution in [0, 0.1) is 5.92 Å². The second-order valence-electron chi connectivity index (χ2n) is 4.31. The van der Waals surface area contributed by atoms with Crippen molar-refractivity contribution in [2.75, 3.05) is 25.4 Å². The van der Waals surface area contributed by atoms with E-state index in [-0.39, 0.29) is 24.8 Å². The highest BCUT2D eigenvalue weighted by atomic mass is 32.2. The van der Waals surface area contributed by atoms with Gasteiger partial charge in [0, 0.05) is 6.54 Å². The first-order chi connectivity index (χ1) is 7.83. The summed E-state index contributed by atoms with van der Waals surface area (Å²) in [5.41, 5.74) is 0. The molecule has 0 aliphatic heterocycles. The topological polar surface area (TPSA) is 63.7 Å². The van der Waals surface area contributed by atoms with Crippen LogP contribution >= 0.6 is 0 Å². The maximum Gasteiger partial charge on any atom is 0.321 e. The van der Waals surface area contributed by atoms with E-state index >= 15 is 0 Å². The molecule has 0 atom stereocenters. The first-order valence-corrected chi connectivity index (χ1v) is 7.57. The molecule has 0 spiro atoms. The Morgan fingerprint density at radius 2 is 1.88 bits per heavy atom. The Labute approximate surface area is 104 Å². The van der Waals surface area contributed by atoms with Crippen molar-refractivity contribution in [3.05, 3.63) is 0 Å². The highest BCUT2D eigenvalue weighted by Crippen LogP contribution is 2.08. The molecular formula is C11H23NO4S. The van der Waals surface area contributed by atoms with E-state index < -0.39 is 16.0 Å². The van der Waals surface area contributed by atoms with Crippen LogP contribution in [0.15, 0.2) is 0 Å². The first-order valence-electron chi connectivity index (χ1n) is 5.96. The number of hydrogen-bond donors (Lipinski definition) is 0. The molecule has 0 aromatic rings. The molecule has 102 valence electrons. The molecule has 0 saturated heterocycles. The Kier molecular flexibility index (Phi) is 7.38. The molecule has 0 rings (SSSR count). The van der Waals surface area contributed by atoms with E-state index in [9.17, 15) is 13.2 Å². The number of carbonyl (C=O) groups excluding carboxylic acids is 1. The summed E-state index contributed by atoms with van der Waals surface area (Å²) in [7, 11) is -3.36. The van der Waals surface area contributed by atoms with Crippen molar-refractivity contribution in [1.82, 2.24) is 4.31 Å². The quantitative estimate of drug-likeness (QED) is 0.620. The van der Waals surface area contributed by atoms with Gasteiger partial charge in [-0.2, -0.15) is 4.31 Å². The molecule has 0 aliphatic rings. The Hall–Kier alpha value is -0.620. The molecule has 0 fully saturated rings. The Bertz CT molecular complexity index is 324. The van der Waals surface area contributed by atoms with Crippen LogP contribution in [0.5, 0.6) is 0 Å². The van der Waals surface area contributed by atoms with Crippen LogP contribution in [0.4, 0.5) is 0 Å². The smallest absolute Gasteiger partial charge is 0.321 e. The van der Waals surface area contributed by atoms with Gasteiger partial charge in [0.1, 0.15) is 6.54 Å². The van der Waals surface area contributed by atoms with Gasteiger partial charge >= 0.3 is 5.97 Å². The summed E-state index contributed by atoms with van der Waals surface area (Å²) < 4.78 is 30.0. The normalized spacial score (nSPS) is 12.1. The van der Waals surface area contributed by atoms with Crippen molar-refractivity contribution in [2.24, 2.45) is 5.92 Å². The summed E-state index contributed by atoms with van der Waals surface area (Å²) in [5, 5.41) is 0. The molecule has 0 radical (unpaired) electrons. The summed E-state index contributed by atoms with van der Waals surface area (Å²) in [6, 6.07) is 0. The summed E-state index contributed by atoms with van der Waals surface area (Å²) in [5.74, 6) is -0.387. The predicted molar refractivity (Wildman–Crippen MR) is 67.1 cm³/mol. The van der Waals surface area contributed by atoms with E-state index in [0.29, 0.717) is 13.0 Å². The molecule has 6 heteroatoms. The second-order valence-corrected chi connectivity index (χ2v) is 6.32. The zero-order valence-electron chi connectivity index (χ0n) is 11.1. The Morgan fingerprint density at radius 3 is 2.29 bits per heavy atom. The monoisotopic (exact) mass is 265 g/mol. The average molecular weight is 265 g/mol. The zero-order valence-corrected chi connectivity index (χ0v) is 11.9. The van der Waals surface area contributed by atoms with Crippen molar-refractivity contribution in [3.8, 4) is 0 Å². The van der Waals surface area contributed by atoms with E-state index in [1.807, 2.05) is 20.8 Å². The Morgan fingerprint density at radius 1 is 1.29 bits per heavy atom. The van der Waals surface area contributed by atoms with Crippen LogP contribution in [0.2, 0.25) is 0 Å². The number of nitrogens with zero attached hydrogens (tertiary/aromatic N) is 1. The van der Waals surface area contributed by atoms with Gasteiger partial charge in [0.2, 0.25) is 10.0 Å². The van der Waals surface area contributed by atoms with Crippen LogP contribution in [0.25, 0.3) is 0 Å². The van der Waals surface area contributed by atoms with Gasteiger partial charge in [-0.05, 0) is 19.3 Å². The molecule has 0 amide bonds. The number of sulfonamides is 1. The third-order valence-corrected chi connectivity index (χ3v) is 4.21. The van der Waals surface area contributed by atoms with Gasteiger partial charge < -0.3 is 4.74 Å². The van der Waals surface area contributed by atoms with Crippen molar-refractivity contribution in [2.45, 2.75) is 34.1 Å². The van der Waals surface area contributed by atoms with Crippen molar-refractivity contribution in [1.29, 1.82) is 0 Å². The number of ether oxygens (including phenoxy) is 1. The van der Waals surface area contributed by atoms with Gasteiger partial charge in [-0.3, -0.25) is 4.79 Å². The third kappa shape index (κ3) is 6.63. The fourth-order valence-corrected chi connectivity index (χ4v) is 3.26. The van der Waals surface area contributed by atoms with E-state index in [1.54, 1.807) is 6.92 Å². The lowest BCUT2D eigenvalue weighted by atomic mass is 10.3. The van der Waals surface area contributed by atoms with Crippen LogP contribution in [-0.2, 0) is 19.6 Å². The summed E-state index contributed by atoms with van der Waals surface area (Å²) in [6.45, 7) is 7.69. The van der Waals surface area contributed by atoms with E-state index in [1.165, 1.54) is 4.31 Å². The first kappa shape index (κ1) is 16.4. The van der Waals surface area contributed by atoms with Gasteiger partial charge in [0.05, 0.1) is 12.4 Å². The van der Waals surface area contributed by atoms with E-state index in [4.69, 9.17) is 4.74 Å². The second kappa shape index (κ2) is 7.66. The third-order valence-electron chi connectivity index (χ3n) is 2.02. The van der Waals surface area contributed by atoms with E-state index in [0.717, 1.165) is 0 Å². The standard InChI is InChI=1S/C11H23NO4S/c1-5-7-12(8-11(13)16-6-2)17(14,15)9-10(3)4/h10H,5-9H2,1-4H3. The van der Waals surface area contributed by atoms with Crippen molar-refractivity contribution in [3.63, 3.8) is 0 Å². The van der Waals surface area contributed by atoms with Gasteiger partial charge in [0.15, 0.2) is 0 Å². The van der Waals surface area contributed by atoms with Crippen LogP contribution in [0.1, 0.15) is 34.1 Å². The van der Waals surface area contributed by atoms with Crippen LogP contribution in [0.3, 0.4) is 0 Å². The molecule has 0 unspecified atom stereocenters. The lowest BCUT2D eigenvalue weighted by molar-refractivity contribution is -0.143. The highest BCUT2D eigenvalue weighted by Gasteiger charge is 2.25. The molecule has 0 aromatic carbocycles. The molecule has 0 aromatic heterocycles. The highest BCUT2D eigenvalue weighted by molar-refractivity contribution is 7.89. The van der Waals surface area contributed by atoms with Crippen molar-refractivity contribution < 1.29 is 17.9 Å². The summed E-state index contributed by atoms with van der Waals surface area (Å²) in [6.07, 6.45) is 0.677. The molecule has 0 heterocycles. The minimum atomic E-state index is -3.36. The number of rotatable bonds is 8. The zero-order chi connectivity index (χ0) is 13.5. The predicted octanol–water partition coefficient (Wildman–Crippen LogP) is 1.25. The average Bonchev–Trinajstić information content (AvgIpc) is 2.15. The molecule has 0 N–H and O–H groups in total. The molecule has 0 saturated carbocycles. The van der Waals surface area contributed by atoms with Crippen LogP contribution in [-0.4, -0.2) is 44.1 Å². The fraction of sp³-hybridized carbons (Fsp3) is 0.909. The van der Waals surface area contributed by atoms with Crippen LogP contribution < -0.4 is 0 Å². The molecule has 0 aliphatic carbocycles. The fourth-order valence-electron chi connectivity index (χ4n) is 1.44. The summed E-state index contributed by atoms with van der Waals surface area (Å²) >= 11 is 0. The molecule has 5 nitrogen and oxygen atoms in total.